The van der Waals surface area contributed by atoms with Gasteiger partial charge in [0.05, 0.1) is 0 Å². The number of nitrogens with one attached hydrogen (secondary N) is 2. The summed E-state index contributed by atoms with van der Waals surface area (Å²) in [6.07, 6.45) is -1.26. The van der Waals surface area contributed by atoms with Crippen LogP contribution < -0.4 is 16.6 Å². The highest BCUT2D eigenvalue weighted by molar-refractivity contribution is 5.87. The third-order valence-corrected chi connectivity index (χ3v) is 4.15. The molecule has 0 unspecified atom stereocenters. The van der Waals surface area contributed by atoms with E-state index in [2.05, 4.69) is 5.32 Å². The van der Waals surface area contributed by atoms with Crippen LogP contribution in [0.25, 0.3) is 0 Å². The van der Waals surface area contributed by atoms with Crippen LogP contribution in [0.2, 0.25) is 0 Å². The molecule has 9 nitrogen and oxygen atoms in total. The first-order valence-electron chi connectivity index (χ1n) is 8.29. The highest BCUT2D eigenvalue weighted by atomic mass is 16.6. The van der Waals surface area contributed by atoms with Gasteiger partial charge < -0.3 is 20.3 Å². The number of benzene rings is 1. The number of nitrogens with zero attached hydrogens (tertiary/aromatic N) is 1. The Morgan fingerprint density at radius 2 is 1.93 bits per heavy atom. The summed E-state index contributed by atoms with van der Waals surface area (Å²) in [6, 6.07) is 10.4. The lowest BCUT2D eigenvalue weighted by atomic mass is 10.1. The number of hydrogen-bond acceptors (Lipinski definition) is 6. The van der Waals surface area contributed by atoms with Crippen LogP contribution in [0.1, 0.15) is 11.8 Å². The van der Waals surface area contributed by atoms with Crippen LogP contribution in [0, 0.1) is 0 Å². The molecule has 0 bridgehead atoms. The predicted molar refractivity (Wildman–Crippen MR) is 94.7 cm³/mol. The second-order valence-electron chi connectivity index (χ2n) is 6.05. The van der Waals surface area contributed by atoms with Crippen LogP contribution in [0.3, 0.4) is 0 Å². The fourth-order valence-electron chi connectivity index (χ4n) is 2.73. The summed E-state index contributed by atoms with van der Waals surface area (Å²) in [5.41, 5.74) is -0.427. The van der Waals surface area contributed by atoms with Gasteiger partial charge in [0, 0.05) is 24.9 Å². The number of aliphatic hydroxyl groups excluding tert-OH is 2. The van der Waals surface area contributed by atoms with E-state index in [1.54, 1.807) is 0 Å². The molecule has 1 aromatic carbocycles. The molecule has 0 aliphatic carbocycles. The van der Waals surface area contributed by atoms with Crippen molar-refractivity contribution in [1.29, 1.82) is 0 Å². The van der Waals surface area contributed by atoms with E-state index in [0.717, 1.165) is 16.2 Å². The van der Waals surface area contributed by atoms with E-state index in [0.29, 0.717) is 6.54 Å². The van der Waals surface area contributed by atoms with E-state index in [9.17, 15) is 24.6 Å². The van der Waals surface area contributed by atoms with E-state index in [1.165, 1.54) is 18.3 Å². The van der Waals surface area contributed by atoms with Gasteiger partial charge in [-0.2, -0.15) is 0 Å². The Morgan fingerprint density at radius 3 is 2.63 bits per heavy atom. The Kier molecular flexibility index (Phi) is 5.65. The Bertz CT molecular complexity index is 936. The van der Waals surface area contributed by atoms with Crippen molar-refractivity contribution < 1.29 is 19.7 Å². The van der Waals surface area contributed by atoms with Gasteiger partial charge in [-0.15, -0.1) is 0 Å². The average molecular weight is 373 g/mol. The summed E-state index contributed by atoms with van der Waals surface area (Å²) in [5.74, 6) is -0.395. The summed E-state index contributed by atoms with van der Waals surface area (Å²) < 4.78 is 6.45. The van der Waals surface area contributed by atoms with Crippen molar-refractivity contribution in [3.8, 4) is 0 Å². The maximum atomic E-state index is 11.9. The molecule has 1 aliphatic heterocycles. The topological polar surface area (TPSA) is 134 Å². The van der Waals surface area contributed by atoms with Gasteiger partial charge in [-0.1, -0.05) is 30.3 Å². The Labute approximate surface area is 153 Å². The van der Waals surface area contributed by atoms with Crippen molar-refractivity contribution in [3.63, 3.8) is 0 Å². The zero-order valence-corrected chi connectivity index (χ0v) is 14.2. The number of aromatic amines is 1. The minimum absolute atomic E-state index is 0.343. The molecule has 1 aromatic heterocycles. The zero-order chi connectivity index (χ0) is 19.4. The largest absolute Gasteiger partial charge is 0.387 e. The number of carbonyl (C=O) groups is 1. The van der Waals surface area contributed by atoms with E-state index in [4.69, 9.17) is 4.74 Å². The third kappa shape index (κ3) is 4.40. The Balaban J connectivity index is 1.63. The van der Waals surface area contributed by atoms with Crippen LogP contribution in [-0.2, 0) is 16.1 Å². The quantitative estimate of drug-likeness (QED) is 0.498. The fourth-order valence-corrected chi connectivity index (χ4v) is 2.73. The molecule has 1 aliphatic rings. The SMILES string of the molecule is O=C(/C=C/[C@H]1O[C@@H](n2ccc(=O)[nH]c2=O)[C@H](O)[C@@H]1O)NCc1ccccc1. The van der Waals surface area contributed by atoms with Gasteiger partial charge in [0.15, 0.2) is 6.23 Å². The second-order valence-corrected chi connectivity index (χ2v) is 6.05. The lowest BCUT2D eigenvalue weighted by Gasteiger charge is -2.16. The van der Waals surface area contributed by atoms with Crippen LogP contribution in [0.5, 0.6) is 0 Å². The smallest absolute Gasteiger partial charge is 0.330 e. The molecular formula is C18H19N3O6. The third-order valence-electron chi connectivity index (χ3n) is 4.15. The summed E-state index contributed by atoms with van der Waals surface area (Å²) >= 11 is 0. The minimum atomic E-state index is -1.41. The molecule has 4 atom stereocenters. The average Bonchev–Trinajstić information content (AvgIpc) is 2.94. The Hall–Kier alpha value is -3.01. The minimum Gasteiger partial charge on any atom is -0.387 e. The molecule has 0 saturated carbocycles. The molecule has 2 aromatic rings. The number of amides is 1. The fraction of sp³-hybridized carbons (Fsp3) is 0.278. The van der Waals surface area contributed by atoms with Crippen molar-refractivity contribution in [2.24, 2.45) is 0 Å². The number of hydrogen-bond donors (Lipinski definition) is 4. The van der Waals surface area contributed by atoms with Crippen LogP contribution >= 0.6 is 0 Å². The first-order chi connectivity index (χ1) is 13.0. The molecule has 0 radical (unpaired) electrons. The van der Waals surface area contributed by atoms with E-state index in [-0.39, 0.29) is 0 Å². The number of aliphatic hydroxyl groups is 2. The zero-order valence-electron chi connectivity index (χ0n) is 14.2. The van der Waals surface area contributed by atoms with Crippen molar-refractivity contribution in [2.45, 2.75) is 31.1 Å². The molecule has 1 amide bonds. The van der Waals surface area contributed by atoms with Gasteiger partial charge in [-0.05, 0) is 11.6 Å². The molecule has 2 heterocycles. The molecule has 0 spiro atoms. The number of aromatic nitrogens is 2. The summed E-state index contributed by atoms with van der Waals surface area (Å²) in [5, 5.41) is 22.9. The monoisotopic (exact) mass is 373 g/mol. The summed E-state index contributed by atoms with van der Waals surface area (Å²) in [7, 11) is 0. The highest BCUT2D eigenvalue weighted by Gasteiger charge is 2.42. The maximum Gasteiger partial charge on any atom is 0.330 e. The maximum absolute atomic E-state index is 11.9. The lowest BCUT2D eigenvalue weighted by Crippen LogP contribution is -2.37. The first kappa shape index (κ1) is 18.8. The van der Waals surface area contributed by atoms with Gasteiger partial charge in [-0.3, -0.25) is 19.1 Å². The second kappa shape index (κ2) is 8.12. The number of H-pyrrole nitrogens is 1. The van der Waals surface area contributed by atoms with Gasteiger partial charge >= 0.3 is 5.69 Å². The summed E-state index contributed by atoms with van der Waals surface area (Å²) in [4.78, 5) is 36.9. The van der Waals surface area contributed by atoms with Gasteiger partial charge in [-0.25, -0.2) is 4.79 Å². The lowest BCUT2D eigenvalue weighted by molar-refractivity contribution is -0.116. The van der Waals surface area contributed by atoms with Crippen molar-refractivity contribution >= 4 is 5.91 Å². The molecule has 142 valence electrons. The molecule has 4 N–H and O–H groups in total. The Morgan fingerprint density at radius 1 is 1.19 bits per heavy atom. The van der Waals surface area contributed by atoms with Gasteiger partial charge in [0.25, 0.3) is 5.56 Å². The predicted octanol–water partition coefficient (Wildman–Crippen LogP) is -0.972. The van der Waals surface area contributed by atoms with Gasteiger partial charge in [0.2, 0.25) is 5.91 Å². The van der Waals surface area contributed by atoms with Gasteiger partial charge in [0.1, 0.15) is 18.3 Å². The van der Waals surface area contributed by atoms with Crippen molar-refractivity contribution in [3.05, 3.63) is 81.1 Å². The van der Waals surface area contributed by atoms with E-state index in [1.807, 2.05) is 35.3 Å². The molecular weight excluding hydrogens is 354 g/mol. The standard InChI is InChI=1S/C18H19N3O6/c22-13(19-10-11-4-2-1-3-5-11)7-6-12-15(24)16(25)17(27-12)21-9-8-14(23)20-18(21)26/h1-9,12,15-17,24-25H,10H2,(H,19,22)(H,20,23,26)/b7-6+/t12-,15-,16-,17-/m1/s1. The molecule has 27 heavy (non-hydrogen) atoms. The number of ether oxygens (including phenoxy) is 1. The van der Waals surface area contributed by atoms with Crippen LogP contribution in [-0.4, -0.2) is 44.0 Å². The van der Waals surface area contributed by atoms with E-state index < -0.39 is 41.7 Å². The van der Waals surface area contributed by atoms with E-state index >= 15 is 0 Å². The highest BCUT2D eigenvalue weighted by Crippen LogP contribution is 2.28. The normalized spacial score (nSPS) is 25.0. The van der Waals surface area contributed by atoms with Crippen LogP contribution in [0.4, 0.5) is 0 Å². The van der Waals surface area contributed by atoms with Crippen molar-refractivity contribution in [2.75, 3.05) is 0 Å². The van der Waals surface area contributed by atoms with Crippen molar-refractivity contribution in [1.82, 2.24) is 14.9 Å². The number of carbonyl (C=O) groups excluding carboxylic acids is 1. The number of rotatable bonds is 5. The summed E-state index contributed by atoms with van der Waals surface area (Å²) in [6.45, 7) is 0.343. The van der Waals surface area contributed by atoms with Crippen LogP contribution in [0.15, 0.2) is 64.3 Å². The molecule has 9 heteroatoms. The molecule has 3 rings (SSSR count). The first-order valence-corrected chi connectivity index (χ1v) is 8.29. The molecule has 1 fully saturated rings. The molecule has 1 saturated heterocycles.